The third-order valence-corrected chi connectivity index (χ3v) is 4.26. The van der Waals surface area contributed by atoms with Gasteiger partial charge in [0.05, 0.1) is 17.7 Å². The van der Waals surface area contributed by atoms with Crippen molar-refractivity contribution in [2.75, 3.05) is 12.3 Å². The Bertz CT molecular complexity index is 344. The van der Waals surface area contributed by atoms with E-state index in [2.05, 4.69) is 34.5 Å². The number of rotatable bonds is 2. The van der Waals surface area contributed by atoms with Crippen molar-refractivity contribution in [3.63, 3.8) is 0 Å². The molecule has 0 aliphatic carbocycles. The maximum Gasteiger partial charge on any atom is 0.156 e. The minimum Gasteiger partial charge on any atom is -0.359 e. The van der Waals surface area contributed by atoms with E-state index in [0.29, 0.717) is 5.41 Å². The lowest BCUT2D eigenvalue weighted by molar-refractivity contribution is 0.436. The maximum absolute atomic E-state index is 4.53. The molecule has 0 fully saturated rings. The summed E-state index contributed by atoms with van der Waals surface area (Å²) in [4.78, 5) is 8.75. The molecule has 1 aliphatic rings. The Morgan fingerprint density at radius 3 is 3.00 bits per heavy atom. The molecular formula is C10H15N3S2. The van der Waals surface area contributed by atoms with E-state index in [0.717, 1.165) is 29.7 Å². The summed E-state index contributed by atoms with van der Waals surface area (Å²) in [7, 11) is 0. The van der Waals surface area contributed by atoms with Crippen LogP contribution in [0.25, 0.3) is 0 Å². The molecule has 2 rings (SSSR count). The number of thiazole rings is 1. The van der Waals surface area contributed by atoms with E-state index in [9.17, 15) is 0 Å². The zero-order chi connectivity index (χ0) is 10.7. The minimum atomic E-state index is 0.344. The molecule has 3 nitrogen and oxygen atoms in total. The van der Waals surface area contributed by atoms with Crippen LogP contribution in [-0.2, 0) is 6.54 Å². The van der Waals surface area contributed by atoms with Crippen molar-refractivity contribution in [2.24, 2.45) is 10.4 Å². The average Bonchev–Trinajstić information content (AvgIpc) is 2.69. The van der Waals surface area contributed by atoms with E-state index in [4.69, 9.17) is 0 Å². The quantitative estimate of drug-likeness (QED) is 0.863. The highest BCUT2D eigenvalue weighted by atomic mass is 32.2. The standard InChI is InChI=1S/C10H15N3S2/c1-10(2)5-12-9(15-6-10)11-3-8-4-14-7-13-8/h4,7H,3,5-6H2,1-2H3,(H,11,12). The summed E-state index contributed by atoms with van der Waals surface area (Å²) >= 11 is 3.43. The molecule has 0 bridgehead atoms. The first kappa shape index (κ1) is 11.0. The highest BCUT2D eigenvalue weighted by Crippen LogP contribution is 2.27. The van der Waals surface area contributed by atoms with Gasteiger partial charge in [0, 0.05) is 17.7 Å². The fraction of sp³-hybridized carbons (Fsp3) is 0.600. The summed E-state index contributed by atoms with van der Waals surface area (Å²) in [5.41, 5.74) is 3.29. The molecule has 0 atom stereocenters. The lowest BCUT2D eigenvalue weighted by Gasteiger charge is -2.27. The fourth-order valence-corrected chi connectivity index (χ4v) is 2.75. The predicted molar refractivity (Wildman–Crippen MR) is 67.5 cm³/mol. The molecule has 0 saturated carbocycles. The Balaban J connectivity index is 1.84. The molecule has 0 radical (unpaired) electrons. The zero-order valence-electron chi connectivity index (χ0n) is 8.99. The van der Waals surface area contributed by atoms with Gasteiger partial charge in [0.15, 0.2) is 5.17 Å². The Morgan fingerprint density at radius 1 is 1.53 bits per heavy atom. The second-order valence-electron chi connectivity index (χ2n) is 4.41. The minimum absolute atomic E-state index is 0.344. The van der Waals surface area contributed by atoms with Crippen molar-refractivity contribution in [1.29, 1.82) is 0 Å². The van der Waals surface area contributed by atoms with Crippen LogP contribution in [0.15, 0.2) is 15.9 Å². The molecule has 1 aromatic rings. The summed E-state index contributed by atoms with van der Waals surface area (Å²) in [5.74, 6) is 1.13. The predicted octanol–water partition coefficient (Wildman–Crippen LogP) is 2.36. The highest BCUT2D eigenvalue weighted by Gasteiger charge is 2.23. The van der Waals surface area contributed by atoms with E-state index in [1.807, 2.05) is 5.51 Å². The number of hydrogen-bond donors (Lipinski definition) is 1. The molecule has 0 aromatic carbocycles. The molecule has 0 amide bonds. The molecule has 0 spiro atoms. The normalized spacial score (nSPS) is 19.7. The topological polar surface area (TPSA) is 37.3 Å². The summed E-state index contributed by atoms with van der Waals surface area (Å²) in [6.07, 6.45) is 0. The summed E-state index contributed by atoms with van der Waals surface area (Å²) < 4.78 is 0. The molecule has 82 valence electrons. The van der Waals surface area contributed by atoms with Crippen LogP contribution < -0.4 is 5.32 Å². The molecule has 5 heteroatoms. The van der Waals surface area contributed by atoms with Crippen LogP contribution in [0.5, 0.6) is 0 Å². The highest BCUT2D eigenvalue weighted by molar-refractivity contribution is 8.13. The van der Waals surface area contributed by atoms with Crippen LogP contribution in [0.3, 0.4) is 0 Å². The summed E-state index contributed by atoms with van der Waals surface area (Å²) in [5, 5.41) is 6.44. The van der Waals surface area contributed by atoms with Crippen molar-refractivity contribution in [1.82, 2.24) is 10.3 Å². The number of hydrogen-bond acceptors (Lipinski definition) is 5. The Hall–Kier alpha value is -0.550. The molecule has 2 heterocycles. The zero-order valence-corrected chi connectivity index (χ0v) is 10.6. The number of thioether (sulfide) groups is 1. The van der Waals surface area contributed by atoms with Crippen LogP contribution in [0, 0.1) is 5.41 Å². The van der Waals surface area contributed by atoms with Crippen molar-refractivity contribution in [2.45, 2.75) is 20.4 Å². The van der Waals surface area contributed by atoms with E-state index < -0.39 is 0 Å². The summed E-state index contributed by atoms with van der Waals surface area (Å²) in [6, 6.07) is 0. The molecular weight excluding hydrogens is 226 g/mol. The lowest BCUT2D eigenvalue weighted by Crippen LogP contribution is -2.31. The molecule has 1 N–H and O–H groups in total. The Kier molecular flexibility index (Phi) is 3.31. The van der Waals surface area contributed by atoms with Gasteiger partial charge in [-0.05, 0) is 5.41 Å². The van der Waals surface area contributed by atoms with Crippen molar-refractivity contribution in [3.05, 3.63) is 16.6 Å². The van der Waals surface area contributed by atoms with Crippen molar-refractivity contribution in [3.8, 4) is 0 Å². The van der Waals surface area contributed by atoms with Crippen molar-refractivity contribution < 1.29 is 0 Å². The molecule has 0 saturated heterocycles. The van der Waals surface area contributed by atoms with E-state index >= 15 is 0 Å². The van der Waals surface area contributed by atoms with E-state index in [-0.39, 0.29) is 0 Å². The third-order valence-electron chi connectivity index (χ3n) is 2.15. The summed E-state index contributed by atoms with van der Waals surface area (Å²) in [6.45, 7) is 6.20. The lowest BCUT2D eigenvalue weighted by atomic mass is 9.97. The van der Waals surface area contributed by atoms with E-state index in [1.165, 1.54) is 0 Å². The Labute approximate surface area is 98.4 Å². The van der Waals surface area contributed by atoms with Gasteiger partial charge in [-0.1, -0.05) is 25.6 Å². The molecule has 0 unspecified atom stereocenters. The van der Waals surface area contributed by atoms with Gasteiger partial charge in [-0.3, -0.25) is 4.99 Å². The maximum atomic E-state index is 4.53. The number of aliphatic imine (C=N–C) groups is 1. The fourth-order valence-electron chi connectivity index (χ4n) is 1.24. The van der Waals surface area contributed by atoms with Gasteiger partial charge < -0.3 is 5.32 Å². The van der Waals surface area contributed by atoms with Crippen LogP contribution in [0.1, 0.15) is 19.5 Å². The van der Waals surface area contributed by atoms with Crippen LogP contribution in [0.4, 0.5) is 0 Å². The van der Waals surface area contributed by atoms with Crippen LogP contribution in [0.2, 0.25) is 0 Å². The monoisotopic (exact) mass is 241 g/mol. The number of aromatic nitrogens is 1. The second-order valence-corrected chi connectivity index (χ2v) is 6.09. The second kappa shape index (κ2) is 4.53. The smallest absolute Gasteiger partial charge is 0.156 e. The SMILES string of the molecule is CC1(C)CN=C(NCc2cscn2)SC1. The van der Waals surface area contributed by atoms with Gasteiger partial charge in [-0.2, -0.15) is 0 Å². The number of amidine groups is 1. The largest absolute Gasteiger partial charge is 0.359 e. The Morgan fingerprint density at radius 2 is 2.40 bits per heavy atom. The number of nitrogens with one attached hydrogen (secondary N) is 1. The molecule has 15 heavy (non-hydrogen) atoms. The van der Waals surface area contributed by atoms with E-state index in [1.54, 1.807) is 23.1 Å². The van der Waals surface area contributed by atoms with Crippen LogP contribution in [-0.4, -0.2) is 22.4 Å². The van der Waals surface area contributed by atoms with Gasteiger partial charge in [0.2, 0.25) is 0 Å². The van der Waals surface area contributed by atoms with Gasteiger partial charge in [0.25, 0.3) is 0 Å². The number of nitrogens with zero attached hydrogens (tertiary/aromatic N) is 2. The molecule has 1 aromatic heterocycles. The first-order chi connectivity index (χ1) is 7.16. The van der Waals surface area contributed by atoms with Gasteiger partial charge >= 0.3 is 0 Å². The van der Waals surface area contributed by atoms with Gasteiger partial charge in [-0.25, -0.2) is 4.98 Å². The van der Waals surface area contributed by atoms with Gasteiger partial charge in [0.1, 0.15) is 0 Å². The first-order valence-corrected chi connectivity index (χ1v) is 6.87. The average molecular weight is 241 g/mol. The molecule has 1 aliphatic heterocycles. The van der Waals surface area contributed by atoms with Gasteiger partial charge in [-0.15, -0.1) is 11.3 Å². The van der Waals surface area contributed by atoms with Crippen LogP contribution >= 0.6 is 23.1 Å². The van der Waals surface area contributed by atoms with Crippen molar-refractivity contribution >= 4 is 28.3 Å². The first-order valence-electron chi connectivity index (χ1n) is 4.94. The third kappa shape index (κ3) is 3.21.